The van der Waals surface area contributed by atoms with Crippen molar-refractivity contribution in [2.75, 3.05) is 5.43 Å². The number of nitrogens with zero attached hydrogens (tertiary/aromatic N) is 4. The van der Waals surface area contributed by atoms with Gasteiger partial charge in [0.15, 0.2) is 11.2 Å². The molecule has 0 bridgehead atoms. The summed E-state index contributed by atoms with van der Waals surface area (Å²) in [5.41, 5.74) is 5.54. The van der Waals surface area contributed by atoms with Crippen molar-refractivity contribution in [3.8, 4) is 0 Å². The highest BCUT2D eigenvalue weighted by molar-refractivity contribution is 9.10. The predicted octanol–water partition coefficient (Wildman–Crippen LogP) is 2.99. The Morgan fingerprint density at radius 1 is 1.17 bits per heavy atom. The van der Waals surface area contributed by atoms with Gasteiger partial charge in [-0.15, -0.1) is 0 Å². The van der Waals surface area contributed by atoms with Crippen molar-refractivity contribution >= 4 is 39.3 Å². The summed E-state index contributed by atoms with van der Waals surface area (Å²) in [6.07, 6.45) is 1.66. The number of rotatable bonds is 5. The summed E-state index contributed by atoms with van der Waals surface area (Å²) in [6, 6.07) is 15.6. The van der Waals surface area contributed by atoms with Gasteiger partial charge < -0.3 is 0 Å². The van der Waals surface area contributed by atoms with Crippen LogP contribution in [0.5, 0.6) is 0 Å². The van der Waals surface area contributed by atoms with E-state index in [9.17, 15) is 9.59 Å². The fraction of sp³-hybridized carbons (Fsp3) is 0.143. The second-order valence-electron chi connectivity index (χ2n) is 6.86. The van der Waals surface area contributed by atoms with Crippen LogP contribution in [-0.2, 0) is 13.6 Å². The highest BCUT2D eigenvalue weighted by Crippen LogP contribution is 2.19. The first-order valence-electron chi connectivity index (χ1n) is 9.23. The van der Waals surface area contributed by atoms with E-state index in [1.807, 2.05) is 55.5 Å². The van der Waals surface area contributed by atoms with Crippen LogP contribution in [0.4, 0.5) is 5.95 Å². The minimum absolute atomic E-state index is 0.290. The maximum absolute atomic E-state index is 12.6. The van der Waals surface area contributed by atoms with E-state index >= 15 is 0 Å². The number of aryl methyl sites for hydroxylation is 2. The molecule has 0 unspecified atom stereocenters. The third kappa shape index (κ3) is 3.84. The number of imidazole rings is 1. The summed E-state index contributed by atoms with van der Waals surface area (Å²) in [5, 5.41) is 4.27. The first kappa shape index (κ1) is 19.8. The third-order valence-corrected chi connectivity index (χ3v) is 5.37. The number of halogens is 1. The van der Waals surface area contributed by atoms with Crippen LogP contribution in [0.1, 0.15) is 16.7 Å². The van der Waals surface area contributed by atoms with Gasteiger partial charge in [0.1, 0.15) is 0 Å². The molecule has 0 fully saturated rings. The predicted molar refractivity (Wildman–Crippen MR) is 121 cm³/mol. The standard InChI is InChI=1S/C21H19BrN6O2/c1-13-5-3-4-6-15(13)12-28-17-18(27(2)21(30)25-19(17)29)24-20(28)26-23-11-14-7-9-16(22)10-8-14/h3-11H,12H2,1-2H3,(H,24,26)(H,25,29,30)/b23-11+. The van der Waals surface area contributed by atoms with E-state index in [0.29, 0.717) is 23.7 Å². The first-order chi connectivity index (χ1) is 14.4. The number of anilines is 1. The minimum Gasteiger partial charge on any atom is -0.298 e. The molecule has 0 aliphatic carbocycles. The van der Waals surface area contributed by atoms with E-state index in [4.69, 9.17) is 0 Å². The second kappa shape index (κ2) is 8.11. The molecule has 2 aromatic carbocycles. The zero-order valence-electron chi connectivity index (χ0n) is 16.4. The highest BCUT2D eigenvalue weighted by Gasteiger charge is 2.17. The number of aromatic nitrogens is 4. The van der Waals surface area contributed by atoms with E-state index in [1.165, 1.54) is 4.57 Å². The van der Waals surface area contributed by atoms with Gasteiger partial charge in [-0.2, -0.15) is 10.1 Å². The van der Waals surface area contributed by atoms with Gasteiger partial charge >= 0.3 is 5.69 Å². The highest BCUT2D eigenvalue weighted by atomic mass is 79.9. The molecule has 0 saturated heterocycles. The molecule has 0 spiro atoms. The van der Waals surface area contributed by atoms with E-state index < -0.39 is 11.2 Å². The first-order valence-corrected chi connectivity index (χ1v) is 10.0. The average Bonchev–Trinajstić information content (AvgIpc) is 3.08. The van der Waals surface area contributed by atoms with Gasteiger partial charge in [0, 0.05) is 11.5 Å². The zero-order valence-corrected chi connectivity index (χ0v) is 18.0. The molecule has 8 nitrogen and oxygen atoms in total. The number of nitrogens with one attached hydrogen (secondary N) is 2. The summed E-state index contributed by atoms with van der Waals surface area (Å²) in [5.74, 6) is 0.369. The minimum atomic E-state index is -0.516. The number of hydrogen-bond donors (Lipinski definition) is 2. The largest absolute Gasteiger partial charge is 0.329 e. The second-order valence-corrected chi connectivity index (χ2v) is 7.78. The lowest BCUT2D eigenvalue weighted by atomic mass is 10.1. The summed E-state index contributed by atoms with van der Waals surface area (Å²) in [6.45, 7) is 2.41. The molecule has 0 saturated carbocycles. The van der Waals surface area contributed by atoms with Gasteiger partial charge in [-0.3, -0.25) is 18.9 Å². The number of H-pyrrole nitrogens is 1. The molecule has 2 aromatic heterocycles. The molecule has 0 aliphatic rings. The van der Waals surface area contributed by atoms with Gasteiger partial charge in [-0.25, -0.2) is 10.2 Å². The molecule has 4 aromatic rings. The number of hydrogen-bond acceptors (Lipinski definition) is 5. The number of benzene rings is 2. The maximum Gasteiger partial charge on any atom is 0.329 e. The SMILES string of the molecule is Cc1ccccc1Cn1c(N/N=C/c2ccc(Br)cc2)nc2c1c(=O)[nH]c(=O)n2C. The van der Waals surface area contributed by atoms with Crippen LogP contribution < -0.4 is 16.7 Å². The Bertz CT molecular complexity index is 1370. The molecule has 0 amide bonds. The van der Waals surface area contributed by atoms with Crippen molar-refractivity contribution in [3.05, 3.63) is 90.5 Å². The number of hydrazone groups is 1. The Labute approximate surface area is 180 Å². The molecule has 0 aliphatic heterocycles. The normalized spacial score (nSPS) is 11.4. The Balaban J connectivity index is 1.79. The molecule has 0 radical (unpaired) electrons. The lowest BCUT2D eigenvalue weighted by Crippen LogP contribution is -2.29. The van der Waals surface area contributed by atoms with Crippen LogP contribution in [-0.4, -0.2) is 25.3 Å². The summed E-state index contributed by atoms with van der Waals surface area (Å²) < 4.78 is 4.02. The molecule has 2 heterocycles. The summed E-state index contributed by atoms with van der Waals surface area (Å²) in [4.78, 5) is 31.4. The van der Waals surface area contributed by atoms with E-state index in [0.717, 1.165) is 21.2 Å². The Hall–Kier alpha value is -3.46. The quantitative estimate of drug-likeness (QED) is 0.349. The summed E-state index contributed by atoms with van der Waals surface area (Å²) >= 11 is 3.40. The van der Waals surface area contributed by atoms with Crippen LogP contribution in [0.25, 0.3) is 11.2 Å². The molecule has 9 heteroatoms. The number of aromatic amines is 1. The van der Waals surface area contributed by atoms with E-state index in [1.54, 1.807) is 17.8 Å². The van der Waals surface area contributed by atoms with Gasteiger partial charge in [-0.1, -0.05) is 52.3 Å². The van der Waals surface area contributed by atoms with Crippen molar-refractivity contribution in [3.63, 3.8) is 0 Å². The lowest BCUT2D eigenvalue weighted by Gasteiger charge is -2.10. The molecule has 2 N–H and O–H groups in total. The van der Waals surface area contributed by atoms with Crippen LogP contribution in [0.15, 0.2) is 67.7 Å². The van der Waals surface area contributed by atoms with Gasteiger partial charge in [0.2, 0.25) is 5.95 Å². The molecule has 0 atom stereocenters. The van der Waals surface area contributed by atoms with Crippen molar-refractivity contribution < 1.29 is 0 Å². The molecular formula is C21H19BrN6O2. The van der Waals surface area contributed by atoms with Gasteiger partial charge in [0.25, 0.3) is 5.56 Å². The zero-order chi connectivity index (χ0) is 21.3. The fourth-order valence-corrected chi connectivity index (χ4v) is 3.41. The molecule has 152 valence electrons. The van der Waals surface area contributed by atoms with E-state index in [-0.39, 0.29) is 0 Å². The molecule has 4 rings (SSSR count). The van der Waals surface area contributed by atoms with Crippen LogP contribution in [0, 0.1) is 6.92 Å². The smallest absolute Gasteiger partial charge is 0.298 e. The van der Waals surface area contributed by atoms with E-state index in [2.05, 4.69) is 36.4 Å². The topological polar surface area (TPSA) is 97.1 Å². The van der Waals surface area contributed by atoms with Crippen LogP contribution >= 0.6 is 15.9 Å². The van der Waals surface area contributed by atoms with Crippen molar-refractivity contribution in [1.82, 2.24) is 19.1 Å². The van der Waals surface area contributed by atoms with Gasteiger partial charge in [-0.05, 0) is 35.7 Å². The van der Waals surface area contributed by atoms with Crippen LogP contribution in [0.3, 0.4) is 0 Å². The van der Waals surface area contributed by atoms with Gasteiger partial charge in [0.05, 0.1) is 12.8 Å². The third-order valence-electron chi connectivity index (χ3n) is 4.84. The van der Waals surface area contributed by atoms with Crippen molar-refractivity contribution in [2.45, 2.75) is 13.5 Å². The van der Waals surface area contributed by atoms with Crippen LogP contribution in [0.2, 0.25) is 0 Å². The monoisotopic (exact) mass is 466 g/mol. The average molecular weight is 467 g/mol. The Morgan fingerprint density at radius 2 is 1.90 bits per heavy atom. The van der Waals surface area contributed by atoms with Crippen molar-refractivity contribution in [2.24, 2.45) is 12.1 Å². The molecular weight excluding hydrogens is 448 g/mol. The lowest BCUT2D eigenvalue weighted by molar-refractivity contribution is 0.805. The summed E-state index contributed by atoms with van der Waals surface area (Å²) in [7, 11) is 1.57. The number of fused-ring (bicyclic) bond motifs is 1. The maximum atomic E-state index is 12.6. The Kier molecular flexibility index (Phi) is 5.37. The molecule has 30 heavy (non-hydrogen) atoms. The Morgan fingerprint density at radius 3 is 2.63 bits per heavy atom. The fourth-order valence-electron chi connectivity index (χ4n) is 3.15. The van der Waals surface area contributed by atoms with Crippen molar-refractivity contribution in [1.29, 1.82) is 0 Å².